The second kappa shape index (κ2) is 14.4. The van der Waals surface area contributed by atoms with Gasteiger partial charge in [0.2, 0.25) is 0 Å². The number of esters is 3. The van der Waals surface area contributed by atoms with Crippen LogP contribution in [0.1, 0.15) is 67.7 Å². The zero-order chi connectivity index (χ0) is 22.4. The van der Waals surface area contributed by atoms with E-state index in [0.717, 1.165) is 0 Å². The number of carbonyl (C=O) groups excluding carboxylic acids is 3. The van der Waals surface area contributed by atoms with Crippen LogP contribution in [0.3, 0.4) is 0 Å². The minimum Gasteiger partial charge on any atom is -0.464 e. The summed E-state index contributed by atoms with van der Waals surface area (Å²) >= 11 is 0. The van der Waals surface area contributed by atoms with Crippen molar-refractivity contribution in [1.82, 2.24) is 4.90 Å². The van der Waals surface area contributed by atoms with Gasteiger partial charge in [-0.2, -0.15) is 0 Å². The molecule has 0 saturated heterocycles. The zero-order valence-electron chi connectivity index (χ0n) is 19.4. The van der Waals surface area contributed by atoms with Gasteiger partial charge in [-0.15, -0.1) is 0 Å². The van der Waals surface area contributed by atoms with E-state index in [2.05, 4.69) is 0 Å². The molecule has 0 amide bonds. The molecule has 0 aromatic heterocycles. The van der Waals surface area contributed by atoms with Crippen LogP contribution in [0.15, 0.2) is 0 Å². The molecule has 170 valence electrons. The van der Waals surface area contributed by atoms with Crippen molar-refractivity contribution in [2.75, 3.05) is 39.5 Å². The summed E-state index contributed by atoms with van der Waals surface area (Å²) in [6, 6.07) is 0. The van der Waals surface area contributed by atoms with Gasteiger partial charge >= 0.3 is 17.9 Å². The molecule has 0 aromatic carbocycles. The highest BCUT2D eigenvalue weighted by Gasteiger charge is 2.17. The molecule has 0 aliphatic rings. The van der Waals surface area contributed by atoms with Crippen LogP contribution in [0, 0.1) is 17.3 Å². The number of carbonyl (C=O) groups is 3. The average Bonchev–Trinajstić information content (AvgIpc) is 2.51. The molecule has 0 aliphatic heterocycles. The lowest BCUT2D eigenvalue weighted by Crippen LogP contribution is -2.35. The average molecular weight is 416 g/mol. The van der Waals surface area contributed by atoms with Crippen LogP contribution in [-0.4, -0.2) is 62.3 Å². The maximum absolute atomic E-state index is 11.9. The molecule has 7 heteroatoms. The standard InChI is InChI=1S/C22H41NO6/c1-17(2)14-19(24)27-11-8-23(9-12-28-20(25)15-18(3)4)10-13-29-21(26)16-22(5,6)7/h17-18H,8-16H2,1-7H3. The van der Waals surface area contributed by atoms with E-state index >= 15 is 0 Å². The van der Waals surface area contributed by atoms with Crippen LogP contribution >= 0.6 is 0 Å². The quantitative estimate of drug-likeness (QED) is 0.317. The molecule has 0 aliphatic carbocycles. The van der Waals surface area contributed by atoms with Crippen LogP contribution in [0.2, 0.25) is 0 Å². The number of hydrogen-bond donors (Lipinski definition) is 0. The lowest BCUT2D eigenvalue weighted by molar-refractivity contribution is -0.146. The molecule has 0 bridgehead atoms. The van der Waals surface area contributed by atoms with Gasteiger partial charge in [0.05, 0.1) is 6.42 Å². The van der Waals surface area contributed by atoms with E-state index in [1.54, 1.807) is 0 Å². The molecule has 0 radical (unpaired) electrons. The van der Waals surface area contributed by atoms with Crippen molar-refractivity contribution < 1.29 is 28.6 Å². The number of hydrogen-bond acceptors (Lipinski definition) is 7. The van der Waals surface area contributed by atoms with E-state index in [1.807, 2.05) is 53.4 Å². The highest BCUT2D eigenvalue weighted by atomic mass is 16.5. The lowest BCUT2D eigenvalue weighted by Gasteiger charge is -2.23. The van der Waals surface area contributed by atoms with E-state index in [4.69, 9.17) is 14.2 Å². The Balaban J connectivity index is 4.41. The Morgan fingerprint density at radius 3 is 1.34 bits per heavy atom. The third-order valence-corrected chi connectivity index (χ3v) is 3.84. The van der Waals surface area contributed by atoms with Gasteiger partial charge in [-0.1, -0.05) is 48.5 Å². The van der Waals surface area contributed by atoms with Crippen LogP contribution in [0.5, 0.6) is 0 Å². The third kappa shape index (κ3) is 18.2. The summed E-state index contributed by atoms with van der Waals surface area (Å²) < 4.78 is 15.8. The molecule has 0 unspecified atom stereocenters. The minimum absolute atomic E-state index is 0.119. The smallest absolute Gasteiger partial charge is 0.306 e. The Kier molecular flexibility index (Phi) is 13.6. The fraction of sp³-hybridized carbons (Fsp3) is 0.864. The monoisotopic (exact) mass is 415 g/mol. The van der Waals surface area contributed by atoms with Gasteiger partial charge < -0.3 is 14.2 Å². The first-order chi connectivity index (χ1) is 13.4. The maximum Gasteiger partial charge on any atom is 0.306 e. The minimum atomic E-state index is -0.232. The van der Waals surface area contributed by atoms with Crippen LogP contribution in [0.25, 0.3) is 0 Å². The summed E-state index contributed by atoms with van der Waals surface area (Å²) in [5.41, 5.74) is -0.119. The van der Waals surface area contributed by atoms with E-state index in [-0.39, 0.29) is 55.0 Å². The van der Waals surface area contributed by atoms with Crippen molar-refractivity contribution in [3.63, 3.8) is 0 Å². The summed E-state index contributed by atoms with van der Waals surface area (Å²) in [4.78, 5) is 37.2. The second-order valence-corrected chi connectivity index (χ2v) is 9.44. The fourth-order valence-corrected chi connectivity index (χ4v) is 2.47. The Bertz CT molecular complexity index is 468. The van der Waals surface area contributed by atoms with Crippen molar-refractivity contribution >= 4 is 17.9 Å². The van der Waals surface area contributed by atoms with Crippen molar-refractivity contribution in [3.8, 4) is 0 Å². The van der Waals surface area contributed by atoms with E-state index < -0.39 is 0 Å². The molecule has 0 heterocycles. The van der Waals surface area contributed by atoms with Gasteiger partial charge in [0, 0.05) is 32.5 Å². The Morgan fingerprint density at radius 1 is 0.690 bits per heavy atom. The Hall–Kier alpha value is -1.63. The molecule has 0 aromatic rings. The van der Waals surface area contributed by atoms with Crippen molar-refractivity contribution in [3.05, 3.63) is 0 Å². The number of nitrogens with zero attached hydrogens (tertiary/aromatic N) is 1. The normalized spacial score (nSPS) is 11.8. The van der Waals surface area contributed by atoms with E-state index in [9.17, 15) is 14.4 Å². The zero-order valence-corrected chi connectivity index (χ0v) is 19.4. The van der Waals surface area contributed by atoms with E-state index in [0.29, 0.717) is 38.9 Å². The molecule has 0 saturated carbocycles. The molecule has 0 fully saturated rings. The SMILES string of the molecule is CC(C)CC(=O)OCCN(CCOC(=O)CC(C)C)CCOC(=O)CC(C)(C)C. The van der Waals surface area contributed by atoms with Crippen LogP contribution < -0.4 is 0 Å². The summed E-state index contributed by atoms with van der Waals surface area (Å²) in [6.07, 6.45) is 1.13. The number of rotatable bonds is 14. The molecule has 0 rings (SSSR count). The largest absolute Gasteiger partial charge is 0.464 e. The van der Waals surface area contributed by atoms with Crippen molar-refractivity contribution in [2.45, 2.75) is 67.7 Å². The lowest BCUT2D eigenvalue weighted by atomic mass is 9.93. The van der Waals surface area contributed by atoms with Gasteiger partial charge in [-0.3, -0.25) is 19.3 Å². The molecule has 0 atom stereocenters. The van der Waals surface area contributed by atoms with Crippen LogP contribution in [-0.2, 0) is 28.6 Å². The summed E-state index contributed by atoms with van der Waals surface area (Å²) in [6.45, 7) is 16.0. The second-order valence-electron chi connectivity index (χ2n) is 9.44. The predicted octanol–water partition coefficient (Wildman–Crippen LogP) is 3.45. The number of ether oxygens (including phenoxy) is 3. The maximum atomic E-state index is 11.9. The summed E-state index contributed by atoms with van der Waals surface area (Å²) in [7, 11) is 0. The molecule has 29 heavy (non-hydrogen) atoms. The first-order valence-corrected chi connectivity index (χ1v) is 10.6. The predicted molar refractivity (Wildman–Crippen MR) is 112 cm³/mol. The summed E-state index contributed by atoms with van der Waals surface area (Å²) in [5, 5.41) is 0. The van der Waals surface area contributed by atoms with Crippen LogP contribution in [0.4, 0.5) is 0 Å². The molecule has 0 spiro atoms. The first-order valence-electron chi connectivity index (χ1n) is 10.6. The van der Waals surface area contributed by atoms with Gasteiger partial charge in [-0.05, 0) is 17.3 Å². The fourth-order valence-electron chi connectivity index (χ4n) is 2.47. The van der Waals surface area contributed by atoms with Gasteiger partial charge in [0.15, 0.2) is 0 Å². The first kappa shape index (κ1) is 27.4. The summed E-state index contributed by atoms with van der Waals surface area (Å²) in [5.74, 6) is -0.175. The Labute approximate surface area is 176 Å². The highest BCUT2D eigenvalue weighted by molar-refractivity contribution is 5.70. The third-order valence-electron chi connectivity index (χ3n) is 3.84. The Morgan fingerprint density at radius 2 is 1.03 bits per heavy atom. The van der Waals surface area contributed by atoms with Gasteiger partial charge in [0.25, 0.3) is 0 Å². The van der Waals surface area contributed by atoms with Crippen molar-refractivity contribution in [2.24, 2.45) is 17.3 Å². The topological polar surface area (TPSA) is 82.1 Å². The molecular weight excluding hydrogens is 374 g/mol. The molecule has 0 N–H and O–H groups in total. The van der Waals surface area contributed by atoms with E-state index in [1.165, 1.54) is 0 Å². The highest BCUT2D eigenvalue weighted by Crippen LogP contribution is 2.18. The molecule has 7 nitrogen and oxygen atoms in total. The molecular formula is C22H41NO6. The van der Waals surface area contributed by atoms with Gasteiger partial charge in [0.1, 0.15) is 19.8 Å². The van der Waals surface area contributed by atoms with Gasteiger partial charge in [-0.25, -0.2) is 0 Å². The van der Waals surface area contributed by atoms with Crippen molar-refractivity contribution in [1.29, 1.82) is 0 Å².